The van der Waals surface area contributed by atoms with Crippen LogP contribution in [0, 0.1) is 5.82 Å². The highest BCUT2D eigenvalue weighted by atomic mass is 19.3. The van der Waals surface area contributed by atoms with E-state index in [0.29, 0.717) is 46.9 Å². The van der Waals surface area contributed by atoms with Crippen LogP contribution in [0.3, 0.4) is 0 Å². The average Bonchev–Trinajstić information content (AvgIpc) is 3.47. The fourth-order valence-corrected chi connectivity index (χ4v) is 5.01. The van der Waals surface area contributed by atoms with E-state index in [9.17, 15) is 13.9 Å². The Kier molecular flexibility index (Phi) is 6.21. The average molecular weight is 550 g/mol. The topological polar surface area (TPSA) is 103 Å². The summed E-state index contributed by atoms with van der Waals surface area (Å²) in [5.41, 5.74) is 3.70. The Morgan fingerprint density at radius 2 is 1.85 bits per heavy atom. The first-order chi connectivity index (χ1) is 19.1. The molecule has 3 aromatic heterocycles. The van der Waals surface area contributed by atoms with Crippen molar-refractivity contribution in [2.45, 2.75) is 39.0 Å². The van der Waals surface area contributed by atoms with Gasteiger partial charge in [-0.15, -0.1) is 0 Å². The van der Waals surface area contributed by atoms with Gasteiger partial charge in [-0.25, -0.2) is 19.3 Å². The number of fused-ring (bicyclic) bond motifs is 4. The highest BCUT2D eigenvalue weighted by Gasteiger charge is 2.27. The van der Waals surface area contributed by atoms with Crippen molar-refractivity contribution in [2.24, 2.45) is 7.05 Å². The van der Waals surface area contributed by atoms with Gasteiger partial charge in [0, 0.05) is 60.9 Å². The van der Waals surface area contributed by atoms with Crippen molar-refractivity contribution in [3.63, 3.8) is 0 Å². The zero-order valence-corrected chi connectivity index (χ0v) is 22.0. The number of nitrogens with zero attached hydrogens (tertiary/aromatic N) is 6. The molecule has 0 amide bonds. The summed E-state index contributed by atoms with van der Waals surface area (Å²) in [4.78, 5) is 13.4. The summed E-state index contributed by atoms with van der Waals surface area (Å²) >= 11 is 0. The predicted octanol–water partition coefficient (Wildman–Crippen LogP) is 4.88. The summed E-state index contributed by atoms with van der Waals surface area (Å²) in [6.45, 7) is 0.492. The minimum Gasteiger partial charge on any atom is -0.431 e. The van der Waals surface area contributed by atoms with Crippen LogP contribution in [-0.2, 0) is 25.6 Å². The molecule has 206 valence electrons. The van der Waals surface area contributed by atoms with Gasteiger partial charge in [0.05, 0.1) is 29.5 Å². The molecule has 9 nitrogen and oxygen atoms in total. The Morgan fingerprint density at radius 1 is 1.07 bits per heavy atom. The maximum Gasteiger partial charge on any atom is 0.387 e. The summed E-state index contributed by atoms with van der Waals surface area (Å²) in [6.07, 6.45) is 7.14. The van der Waals surface area contributed by atoms with Crippen molar-refractivity contribution in [1.82, 2.24) is 29.3 Å². The fraction of sp³-hybridized carbons (Fsp3) is 0.286. The van der Waals surface area contributed by atoms with E-state index in [4.69, 9.17) is 9.72 Å². The lowest BCUT2D eigenvalue weighted by atomic mass is 9.99. The molecule has 0 bridgehead atoms. The monoisotopic (exact) mass is 549 g/mol. The van der Waals surface area contributed by atoms with Gasteiger partial charge in [-0.05, 0) is 37.6 Å². The third-order valence-electron chi connectivity index (χ3n) is 6.88. The third kappa shape index (κ3) is 4.64. The summed E-state index contributed by atoms with van der Waals surface area (Å²) in [7, 11) is 1.75. The van der Waals surface area contributed by atoms with E-state index in [1.54, 1.807) is 50.4 Å². The van der Waals surface area contributed by atoms with Gasteiger partial charge in [-0.1, -0.05) is 6.07 Å². The number of benzene rings is 2. The molecule has 0 spiro atoms. The van der Waals surface area contributed by atoms with Crippen molar-refractivity contribution < 1.29 is 23.0 Å². The second-order valence-corrected chi connectivity index (χ2v) is 10.2. The molecule has 1 aliphatic heterocycles. The molecule has 0 radical (unpaired) electrons. The van der Waals surface area contributed by atoms with E-state index in [1.165, 1.54) is 6.07 Å². The molecule has 40 heavy (non-hydrogen) atoms. The lowest BCUT2D eigenvalue weighted by Crippen LogP contribution is -2.19. The van der Waals surface area contributed by atoms with E-state index in [2.05, 4.69) is 20.4 Å². The van der Waals surface area contributed by atoms with Crippen LogP contribution in [0.25, 0.3) is 33.3 Å². The lowest BCUT2D eigenvalue weighted by Gasteiger charge is -2.24. The molecule has 0 fully saturated rings. The van der Waals surface area contributed by atoms with E-state index < -0.39 is 23.8 Å². The SMILES string of the molecule is Cn1cc(-c2cc(F)c(OC(F)F)c3c2NCCc2nc4ccc(-c5cnc(C(C)(C)O)nc5)cc4n2C3)cn1. The normalized spacial score (nSPS) is 13.5. The van der Waals surface area contributed by atoms with E-state index in [-0.39, 0.29) is 12.1 Å². The molecule has 6 rings (SSSR count). The Bertz CT molecular complexity index is 1720. The van der Waals surface area contributed by atoms with Gasteiger partial charge in [-0.2, -0.15) is 13.9 Å². The van der Waals surface area contributed by atoms with Crippen LogP contribution in [0.5, 0.6) is 5.75 Å². The van der Waals surface area contributed by atoms with Crippen molar-refractivity contribution in [2.75, 3.05) is 11.9 Å². The van der Waals surface area contributed by atoms with Crippen LogP contribution in [0.1, 0.15) is 31.1 Å². The lowest BCUT2D eigenvalue weighted by molar-refractivity contribution is -0.0528. The van der Waals surface area contributed by atoms with Crippen LogP contribution >= 0.6 is 0 Å². The second kappa shape index (κ2) is 9.63. The quantitative estimate of drug-likeness (QED) is 0.322. The summed E-state index contributed by atoms with van der Waals surface area (Å²) in [6, 6.07) is 6.87. The number of ether oxygens (including phenoxy) is 1. The van der Waals surface area contributed by atoms with Gasteiger partial charge in [0.15, 0.2) is 17.4 Å². The van der Waals surface area contributed by atoms with Crippen LogP contribution in [0.2, 0.25) is 0 Å². The molecule has 2 aromatic carbocycles. The number of aliphatic hydroxyl groups is 1. The van der Waals surface area contributed by atoms with Crippen molar-refractivity contribution >= 4 is 16.7 Å². The van der Waals surface area contributed by atoms with Gasteiger partial charge < -0.3 is 19.7 Å². The van der Waals surface area contributed by atoms with Gasteiger partial charge in [-0.3, -0.25) is 4.68 Å². The van der Waals surface area contributed by atoms with E-state index in [0.717, 1.165) is 16.6 Å². The molecule has 0 saturated carbocycles. The molecule has 4 heterocycles. The minimum atomic E-state index is -3.20. The largest absolute Gasteiger partial charge is 0.431 e. The maximum absolute atomic E-state index is 15.4. The van der Waals surface area contributed by atoms with Crippen LogP contribution in [0.4, 0.5) is 18.9 Å². The molecule has 2 N–H and O–H groups in total. The molecular weight excluding hydrogens is 523 g/mol. The number of anilines is 1. The highest BCUT2D eigenvalue weighted by molar-refractivity contribution is 5.85. The number of nitrogens with one attached hydrogen (secondary N) is 1. The van der Waals surface area contributed by atoms with Gasteiger partial charge in [0.25, 0.3) is 0 Å². The Hall–Kier alpha value is -4.45. The van der Waals surface area contributed by atoms with E-state index >= 15 is 4.39 Å². The minimum absolute atomic E-state index is 0.0405. The number of hydrogen-bond acceptors (Lipinski definition) is 7. The molecular formula is C28H26F3N7O2. The summed E-state index contributed by atoms with van der Waals surface area (Å²) < 4.78 is 50.5. The first kappa shape index (κ1) is 25.8. The number of hydrogen-bond donors (Lipinski definition) is 2. The Balaban J connectivity index is 1.50. The Labute approximate surface area is 227 Å². The first-order valence-corrected chi connectivity index (χ1v) is 12.7. The van der Waals surface area contributed by atoms with Crippen molar-refractivity contribution in [3.8, 4) is 28.0 Å². The zero-order valence-electron chi connectivity index (χ0n) is 22.0. The molecule has 0 unspecified atom stereocenters. The van der Waals surface area contributed by atoms with Crippen molar-refractivity contribution in [3.05, 3.63) is 72.1 Å². The highest BCUT2D eigenvalue weighted by Crippen LogP contribution is 2.41. The molecule has 12 heteroatoms. The number of rotatable bonds is 5. The Morgan fingerprint density at radius 3 is 2.52 bits per heavy atom. The fourth-order valence-electron chi connectivity index (χ4n) is 5.01. The third-order valence-corrected chi connectivity index (χ3v) is 6.88. The van der Waals surface area contributed by atoms with Crippen LogP contribution in [0.15, 0.2) is 49.1 Å². The van der Waals surface area contributed by atoms with Gasteiger partial charge in [0.1, 0.15) is 11.4 Å². The number of aryl methyl sites for hydroxylation is 1. The number of alkyl halides is 2. The van der Waals surface area contributed by atoms with Gasteiger partial charge in [0.2, 0.25) is 0 Å². The second-order valence-electron chi connectivity index (χ2n) is 10.2. The first-order valence-electron chi connectivity index (χ1n) is 12.7. The molecule has 5 aromatic rings. The standard InChI is InChI=1S/C28H26F3N7O2/c1-28(2,39)26-33-10-16(11-34-26)15-4-5-21-22(8-15)38-14-19-24(32-7-6-23(38)36-21)18(17-12-35-37(3)13-17)9-20(29)25(19)40-27(30)31/h4-5,8-13,27,32,39H,6-7,14H2,1-3H3. The number of aromatic nitrogens is 6. The van der Waals surface area contributed by atoms with Crippen molar-refractivity contribution in [1.29, 1.82) is 0 Å². The van der Waals surface area contributed by atoms with Crippen LogP contribution in [-0.4, -0.2) is 47.6 Å². The van der Waals surface area contributed by atoms with Gasteiger partial charge >= 0.3 is 6.61 Å². The number of imidazole rings is 1. The molecule has 0 aliphatic carbocycles. The van der Waals surface area contributed by atoms with Crippen LogP contribution < -0.4 is 10.1 Å². The smallest absolute Gasteiger partial charge is 0.387 e. The summed E-state index contributed by atoms with van der Waals surface area (Å²) in [5, 5.41) is 17.7. The predicted molar refractivity (Wildman–Crippen MR) is 143 cm³/mol. The maximum atomic E-state index is 15.4. The zero-order chi connectivity index (χ0) is 28.2. The van der Waals surface area contributed by atoms with E-state index in [1.807, 2.05) is 22.8 Å². The molecule has 1 aliphatic rings. The summed E-state index contributed by atoms with van der Waals surface area (Å²) in [5.74, 6) is -0.384. The molecule has 0 atom stereocenters. The molecule has 0 saturated heterocycles. The number of halogens is 3.